The van der Waals surface area contributed by atoms with Crippen LogP contribution in [0.15, 0.2) is 91.0 Å². The molecule has 0 aromatic heterocycles. The van der Waals surface area contributed by atoms with Gasteiger partial charge in [-0.15, -0.1) is 0 Å². The van der Waals surface area contributed by atoms with E-state index in [0.29, 0.717) is 6.04 Å². The highest BCUT2D eigenvalue weighted by atomic mass is 16.6. The maximum atomic E-state index is 12.0. The molecule has 41 heavy (non-hydrogen) atoms. The SMILES string of the molecule is CC1CCN(Cc2ccccc2)CCN1.O=C(OC(C(=O)O)C(OC(=O)c1ccccc1)C(=O)O)c1ccccc1. The molecular formula is C31H34N2O8. The molecule has 3 aromatic rings. The minimum atomic E-state index is -2.21. The monoisotopic (exact) mass is 562 g/mol. The molecule has 216 valence electrons. The highest BCUT2D eigenvalue weighted by molar-refractivity contribution is 5.95. The Morgan fingerprint density at radius 3 is 1.63 bits per heavy atom. The van der Waals surface area contributed by atoms with Gasteiger partial charge in [0.2, 0.25) is 12.2 Å². The Balaban J connectivity index is 0.000000260. The first kappa shape index (κ1) is 31.0. The van der Waals surface area contributed by atoms with Gasteiger partial charge in [0, 0.05) is 32.2 Å². The van der Waals surface area contributed by atoms with Gasteiger partial charge in [-0.2, -0.15) is 0 Å². The van der Waals surface area contributed by atoms with Crippen LogP contribution in [0.3, 0.4) is 0 Å². The maximum Gasteiger partial charge on any atom is 0.349 e. The molecule has 1 aliphatic heterocycles. The second kappa shape index (κ2) is 15.9. The minimum absolute atomic E-state index is 0.0253. The Bertz CT molecular complexity index is 1200. The average molecular weight is 563 g/mol. The summed E-state index contributed by atoms with van der Waals surface area (Å²) in [4.78, 5) is 49.4. The van der Waals surface area contributed by atoms with E-state index in [4.69, 9.17) is 9.47 Å². The zero-order valence-electron chi connectivity index (χ0n) is 22.7. The van der Waals surface area contributed by atoms with Crippen molar-refractivity contribution in [3.05, 3.63) is 108 Å². The zero-order valence-corrected chi connectivity index (χ0v) is 22.7. The molecule has 3 unspecified atom stereocenters. The van der Waals surface area contributed by atoms with Crippen molar-refractivity contribution in [3.63, 3.8) is 0 Å². The van der Waals surface area contributed by atoms with Crippen LogP contribution in [0.1, 0.15) is 39.6 Å². The topological polar surface area (TPSA) is 142 Å². The number of carboxylic acid groups (broad SMARTS) is 2. The van der Waals surface area contributed by atoms with Crippen molar-refractivity contribution < 1.29 is 38.9 Å². The largest absolute Gasteiger partial charge is 0.478 e. The molecule has 0 saturated carbocycles. The molecule has 1 aliphatic rings. The Labute approximate surface area is 238 Å². The van der Waals surface area contributed by atoms with Crippen molar-refractivity contribution in [1.29, 1.82) is 0 Å². The van der Waals surface area contributed by atoms with Crippen molar-refractivity contribution in [1.82, 2.24) is 10.2 Å². The molecule has 0 spiro atoms. The number of nitrogens with zero attached hydrogens (tertiary/aromatic N) is 1. The van der Waals surface area contributed by atoms with Gasteiger partial charge in [-0.3, -0.25) is 4.90 Å². The van der Waals surface area contributed by atoms with Crippen molar-refractivity contribution in [2.75, 3.05) is 19.6 Å². The molecule has 10 nitrogen and oxygen atoms in total. The van der Waals surface area contributed by atoms with E-state index in [1.165, 1.54) is 73.6 Å². The third kappa shape index (κ3) is 10.2. The third-order valence-corrected chi connectivity index (χ3v) is 6.30. The number of rotatable bonds is 9. The number of carbonyl (C=O) groups is 4. The molecule has 0 bridgehead atoms. The Morgan fingerprint density at radius 2 is 1.20 bits per heavy atom. The lowest BCUT2D eigenvalue weighted by molar-refractivity contribution is -0.166. The smallest absolute Gasteiger partial charge is 0.349 e. The normalized spacial score (nSPS) is 16.6. The Kier molecular flexibility index (Phi) is 12.0. The van der Waals surface area contributed by atoms with E-state index in [9.17, 15) is 29.4 Å². The summed E-state index contributed by atoms with van der Waals surface area (Å²) in [5.41, 5.74) is 1.47. The van der Waals surface area contributed by atoms with Crippen LogP contribution < -0.4 is 5.32 Å². The Morgan fingerprint density at radius 1 is 0.756 bits per heavy atom. The number of nitrogens with one attached hydrogen (secondary N) is 1. The van der Waals surface area contributed by atoms with E-state index in [-0.39, 0.29) is 11.1 Å². The molecule has 4 rings (SSSR count). The van der Waals surface area contributed by atoms with Gasteiger partial charge in [0.1, 0.15) is 0 Å². The summed E-state index contributed by atoms with van der Waals surface area (Å²) in [6.45, 7) is 6.86. The first-order valence-corrected chi connectivity index (χ1v) is 13.2. The van der Waals surface area contributed by atoms with Gasteiger partial charge in [-0.1, -0.05) is 66.7 Å². The van der Waals surface area contributed by atoms with E-state index >= 15 is 0 Å². The van der Waals surface area contributed by atoms with Crippen molar-refractivity contribution in [2.45, 2.75) is 38.1 Å². The minimum Gasteiger partial charge on any atom is -0.478 e. The molecule has 3 atom stereocenters. The Hall–Kier alpha value is -4.54. The molecule has 1 saturated heterocycles. The molecule has 1 fully saturated rings. The number of ether oxygens (including phenoxy) is 2. The molecule has 10 heteroatoms. The van der Waals surface area contributed by atoms with Crippen molar-refractivity contribution >= 4 is 23.9 Å². The van der Waals surface area contributed by atoms with E-state index < -0.39 is 36.1 Å². The molecular weight excluding hydrogens is 528 g/mol. The van der Waals surface area contributed by atoms with Crippen molar-refractivity contribution in [2.24, 2.45) is 0 Å². The van der Waals surface area contributed by atoms with Crippen LogP contribution in [0.2, 0.25) is 0 Å². The quantitative estimate of drug-likeness (QED) is 0.332. The third-order valence-electron chi connectivity index (χ3n) is 6.30. The summed E-state index contributed by atoms with van der Waals surface area (Å²) >= 11 is 0. The number of carboxylic acids is 2. The van der Waals surface area contributed by atoms with Crippen LogP contribution in [-0.4, -0.2) is 76.9 Å². The number of carbonyl (C=O) groups excluding carboxylic acids is 2. The van der Waals surface area contributed by atoms with Crippen LogP contribution in [0.25, 0.3) is 0 Å². The predicted octanol–water partition coefficient (Wildman–Crippen LogP) is 3.48. The summed E-state index contributed by atoms with van der Waals surface area (Å²) in [5.74, 6) is -5.63. The van der Waals surface area contributed by atoms with Gasteiger partial charge in [-0.25, -0.2) is 19.2 Å². The first-order chi connectivity index (χ1) is 19.7. The van der Waals surface area contributed by atoms with E-state index in [1.54, 1.807) is 12.1 Å². The van der Waals surface area contributed by atoms with Crippen LogP contribution in [0.5, 0.6) is 0 Å². The number of esters is 2. The number of hydrogen-bond donors (Lipinski definition) is 3. The van der Waals surface area contributed by atoms with E-state index in [0.717, 1.165) is 13.1 Å². The lowest BCUT2D eigenvalue weighted by atomic mass is 10.1. The summed E-state index contributed by atoms with van der Waals surface area (Å²) in [7, 11) is 0. The highest BCUT2D eigenvalue weighted by Gasteiger charge is 2.41. The summed E-state index contributed by atoms with van der Waals surface area (Å²) in [6, 6.07) is 26.2. The lowest BCUT2D eigenvalue weighted by Gasteiger charge is -2.21. The molecule has 0 aliphatic carbocycles. The van der Waals surface area contributed by atoms with Gasteiger partial charge in [-0.05, 0) is 43.2 Å². The number of hydrogen-bond acceptors (Lipinski definition) is 8. The summed E-state index contributed by atoms with van der Waals surface area (Å²) in [5, 5.41) is 22.0. The number of benzene rings is 3. The maximum absolute atomic E-state index is 12.0. The van der Waals surface area contributed by atoms with Gasteiger partial charge < -0.3 is 25.0 Å². The van der Waals surface area contributed by atoms with Crippen LogP contribution in [0.4, 0.5) is 0 Å². The molecule has 3 N–H and O–H groups in total. The average Bonchev–Trinajstić information content (AvgIpc) is 3.19. The second-order valence-electron chi connectivity index (χ2n) is 9.47. The molecule has 1 heterocycles. The highest BCUT2D eigenvalue weighted by Crippen LogP contribution is 2.13. The van der Waals surface area contributed by atoms with E-state index in [2.05, 4.69) is 47.5 Å². The van der Waals surface area contributed by atoms with Crippen LogP contribution in [0, 0.1) is 0 Å². The second-order valence-corrected chi connectivity index (χ2v) is 9.47. The lowest BCUT2D eigenvalue weighted by Crippen LogP contribution is -2.45. The predicted molar refractivity (Wildman–Crippen MR) is 150 cm³/mol. The standard InChI is InChI=1S/C18H14O8.C13H20N2/c19-15(20)13(25-17(23)11-7-3-1-4-8-11)14(16(21)22)26-18(24)12-9-5-2-6-10-12;1-12-7-9-15(10-8-14-12)11-13-5-3-2-4-6-13/h1-10,13-14H,(H,19,20)(H,21,22);2-6,12,14H,7-11H2,1H3. The molecule has 0 amide bonds. The van der Waals surface area contributed by atoms with Crippen molar-refractivity contribution in [3.8, 4) is 0 Å². The van der Waals surface area contributed by atoms with Gasteiger partial charge in [0.05, 0.1) is 11.1 Å². The summed E-state index contributed by atoms with van der Waals surface area (Å²) in [6.07, 6.45) is -3.17. The van der Waals surface area contributed by atoms with Gasteiger partial charge in [0.25, 0.3) is 0 Å². The fourth-order valence-electron chi connectivity index (χ4n) is 4.06. The van der Waals surface area contributed by atoms with Crippen LogP contribution in [-0.2, 0) is 25.6 Å². The van der Waals surface area contributed by atoms with Crippen LogP contribution >= 0.6 is 0 Å². The van der Waals surface area contributed by atoms with Gasteiger partial charge >= 0.3 is 23.9 Å². The fourth-order valence-corrected chi connectivity index (χ4v) is 4.06. The fraction of sp³-hybridized carbons (Fsp3) is 0.290. The summed E-state index contributed by atoms with van der Waals surface area (Å²) < 4.78 is 9.52. The van der Waals surface area contributed by atoms with E-state index in [1.807, 2.05) is 0 Å². The number of aliphatic carboxylic acids is 2. The molecule has 3 aromatic carbocycles. The first-order valence-electron chi connectivity index (χ1n) is 13.2. The molecule has 0 radical (unpaired) electrons. The van der Waals surface area contributed by atoms with Gasteiger partial charge in [0.15, 0.2) is 0 Å². The zero-order chi connectivity index (χ0) is 29.6.